The zero-order valence-electron chi connectivity index (χ0n) is 14.6. The molecule has 0 bridgehead atoms. The maximum absolute atomic E-state index is 12.6. The number of esters is 2. The van der Waals surface area contributed by atoms with Crippen LogP contribution in [0.4, 0.5) is 0 Å². The molecule has 6 heteroatoms. The number of rotatable bonds is 4. The van der Waals surface area contributed by atoms with Crippen molar-refractivity contribution in [3.63, 3.8) is 0 Å². The van der Waals surface area contributed by atoms with Crippen LogP contribution in [-0.4, -0.2) is 21.9 Å². The number of carbonyl (C=O) groups excluding carboxylic acids is 2. The van der Waals surface area contributed by atoms with Crippen LogP contribution in [0.25, 0.3) is 10.8 Å². The van der Waals surface area contributed by atoms with Crippen molar-refractivity contribution < 1.29 is 19.1 Å². The predicted octanol–water partition coefficient (Wildman–Crippen LogP) is 4.07. The van der Waals surface area contributed by atoms with Crippen LogP contribution in [0.2, 0.25) is 0 Å². The van der Waals surface area contributed by atoms with Crippen LogP contribution in [0.15, 0.2) is 85.5 Å². The number of pyridine rings is 2. The lowest BCUT2D eigenvalue weighted by Crippen LogP contribution is -2.13. The van der Waals surface area contributed by atoms with Gasteiger partial charge in [-0.2, -0.15) is 0 Å². The Morgan fingerprint density at radius 1 is 0.607 bits per heavy atom. The molecule has 2 aromatic heterocycles. The van der Waals surface area contributed by atoms with Crippen LogP contribution < -0.4 is 9.47 Å². The smallest absolute Gasteiger partial charge is 0.344 e. The second-order valence-electron chi connectivity index (χ2n) is 5.86. The van der Waals surface area contributed by atoms with E-state index in [9.17, 15) is 9.59 Å². The van der Waals surface area contributed by atoms with Crippen molar-refractivity contribution in [1.29, 1.82) is 0 Å². The van der Waals surface area contributed by atoms with Gasteiger partial charge in [0.2, 0.25) is 0 Å². The summed E-state index contributed by atoms with van der Waals surface area (Å²) in [7, 11) is 0. The van der Waals surface area contributed by atoms with E-state index in [1.54, 1.807) is 73.1 Å². The fourth-order valence-electron chi connectivity index (χ4n) is 2.79. The van der Waals surface area contributed by atoms with Gasteiger partial charge < -0.3 is 9.47 Å². The molecule has 4 rings (SSSR count). The summed E-state index contributed by atoms with van der Waals surface area (Å²) in [6.07, 6.45) is 6.10. The Bertz CT molecular complexity index is 1050. The lowest BCUT2D eigenvalue weighted by Gasteiger charge is -2.11. The van der Waals surface area contributed by atoms with Crippen LogP contribution in [0, 0.1) is 0 Å². The van der Waals surface area contributed by atoms with Crippen LogP contribution >= 0.6 is 0 Å². The van der Waals surface area contributed by atoms with Gasteiger partial charge in [0, 0.05) is 12.4 Å². The Balaban J connectivity index is 1.69. The summed E-state index contributed by atoms with van der Waals surface area (Å²) >= 11 is 0. The van der Waals surface area contributed by atoms with Gasteiger partial charge in [0.1, 0.15) is 11.5 Å². The third kappa shape index (κ3) is 3.57. The van der Waals surface area contributed by atoms with Crippen LogP contribution in [-0.2, 0) is 0 Å². The average Bonchev–Trinajstić information content (AvgIpc) is 2.74. The second kappa shape index (κ2) is 7.67. The van der Waals surface area contributed by atoms with Crippen molar-refractivity contribution in [2.75, 3.05) is 0 Å². The standard InChI is InChI=1S/C22H14N2O4/c25-21(27-15-5-3-11-23-13-15)19-9-10-20(18-8-2-1-7-17(18)19)22(26)28-16-6-4-12-24-14-16/h1-14H. The third-order valence-electron chi connectivity index (χ3n) is 4.05. The maximum atomic E-state index is 12.6. The maximum Gasteiger partial charge on any atom is 0.344 e. The molecule has 0 aliphatic carbocycles. The SMILES string of the molecule is O=C(Oc1cccnc1)c1ccc(C(=O)Oc2cccnc2)c2ccccc12. The molecule has 0 fully saturated rings. The number of nitrogens with zero attached hydrogens (tertiary/aromatic N) is 2. The Hall–Kier alpha value is -4.06. The number of benzene rings is 2. The minimum atomic E-state index is -0.531. The van der Waals surface area contributed by atoms with Crippen molar-refractivity contribution in [3.8, 4) is 11.5 Å². The topological polar surface area (TPSA) is 78.4 Å². The molecule has 0 N–H and O–H groups in total. The lowest BCUT2D eigenvalue weighted by molar-refractivity contribution is 0.0723. The minimum absolute atomic E-state index is 0.344. The molecule has 0 unspecified atom stereocenters. The van der Waals surface area contributed by atoms with Gasteiger partial charge in [-0.05, 0) is 47.2 Å². The molecule has 0 aliphatic heterocycles. The second-order valence-corrected chi connectivity index (χ2v) is 5.86. The molecule has 2 heterocycles. The summed E-state index contributed by atoms with van der Waals surface area (Å²) in [6, 6.07) is 16.9. The summed E-state index contributed by atoms with van der Waals surface area (Å²) in [5, 5.41) is 1.19. The Morgan fingerprint density at radius 3 is 1.46 bits per heavy atom. The van der Waals surface area contributed by atoms with E-state index < -0.39 is 11.9 Å². The Labute approximate surface area is 160 Å². The molecular weight excluding hydrogens is 356 g/mol. The normalized spacial score (nSPS) is 10.4. The van der Waals surface area contributed by atoms with Crippen molar-refractivity contribution in [2.24, 2.45) is 0 Å². The van der Waals surface area contributed by atoms with E-state index in [1.165, 1.54) is 12.4 Å². The van der Waals surface area contributed by atoms with Gasteiger partial charge in [-0.15, -0.1) is 0 Å². The first kappa shape index (κ1) is 17.4. The molecule has 0 aliphatic rings. The van der Waals surface area contributed by atoms with E-state index in [1.807, 2.05) is 0 Å². The van der Waals surface area contributed by atoms with Gasteiger partial charge in [-0.1, -0.05) is 24.3 Å². The summed E-state index contributed by atoms with van der Waals surface area (Å²) < 4.78 is 10.8. The van der Waals surface area contributed by atoms with E-state index in [2.05, 4.69) is 9.97 Å². The van der Waals surface area contributed by atoms with E-state index in [4.69, 9.17) is 9.47 Å². The number of hydrogen-bond donors (Lipinski definition) is 0. The predicted molar refractivity (Wildman–Crippen MR) is 102 cm³/mol. The van der Waals surface area contributed by atoms with Crippen LogP contribution in [0.3, 0.4) is 0 Å². The highest BCUT2D eigenvalue weighted by Gasteiger charge is 2.18. The summed E-state index contributed by atoms with van der Waals surface area (Å²) in [5.74, 6) is -0.374. The molecule has 28 heavy (non-hydrogen) atoms. The summed E-state index contributed by atoms with van der Waals surface area (Å²) in [4.78, 5) is 33.1. The zero-order valence-corrected chi connectivity index (χ0v) is 14.6. The quantitative estimate of drug-likeness (QED) is 0.504. The highest BCUT2D eigenvalue weighted by molar-refractivity contribution is 6.12. The third-order valence-corrected chi connectivity index (χ3v) is 4.05. The summed E-state index contributed by atoms with van der Waals surface area (Å²) in [6.45, 7) is 0. The molecular formula is C22H14N2O4. The van der Waals surface area contributed by atoms with Crippen molar-refractivity contribution in [1.82, 2.24) is 9.97 Å². The molecule has 0 amide bonds. The van der Waals surface area contributed by atoms with E-state index in [0.717, 1.165) is 0 Å². The fourth-order valence-corrected chi connectivity index (χ4v) is 2.79. The zero-order chi connectivity index (χ0) is 19.3. The molecule has 2 aromatic carbocycles. The Morgan fingerprint density at radius 2 is 1.07 bits per heavy atom. The number of hydrogen-bond acceptors (Lipinski definition) is 6. The largest absolute Gasteiger partial charge is 0.421 e. The van der Waals surface area contributed by atoms with Gasteiger partial charge in [0.05, 0.1) is 23.5 Å². The monoisotopic (exact) mass is 370 g/mol. The minimum Gasteiger partial charge on any atom is -0.421 e. The van der Waals surface area contributed by atoms with E-state index in [0.29, 0.717) is 33.4 Å². The molecule has 0 spiro atoms. The van der Waals surface area contributed by atoms with Crippen molar-refractivity contribution in [2.45, 2.75) is 0 Å². The van der Waals surface area contributed by atoms with Gasteiger partial charge in [0.15, 0.2) is 0 Å². The first-order valence-electron chi connectivity index (χ1n) is 8.48. The lowest BCUT2D eigenvalue weighted by atomic mass is 9.99. The van der Waals surface area contributed by atoms with Gasteiger partial charge in [0.25, 0.3) is 0 Å². The first-order valence-corrected chi connectivity index (χ1v) is 8.48. The highest BCUT2D eigenvalue weighted by atomic mass is 16.5. The molecule has 0 saturated heterocycles. The number of ether oxygens (including phenoxy) is 2. The molecule has 6 nitrogen and oxygen atoms in total. The van der Waals surface area contributed by atoms with Gasteiger partial charge in [-0.25, -0.2) is 9.59 Å². The molecule has 0 saturated carbocycles. The number of fused-ring (bicyclic) bond motifs is 1. The van der Waals surface area contributed by atoms with E-state index in [-0.39, 0.29) is 0 Å². The first-order chi connectivity index (χ1) is 13.7. The van der Waals surface area contributed by atoms with E-state index >= 15 is 0 Å². The van der Waals surface area contributed by atoms with Gasteiger partial charge >= 0.3 is 11.9 Å². The Kier molecular flexibility index (Phi) is 4.76. The average molecular weight is 370 g/mol. The summed E-state index contributed by atoms with van der Waals surface area (Å²) in [5.41, 5.74) is 0.690. The molecule has 136 valence electrons. The molecule has 0 atom stereocenters. The molecule has 4 aromatic rings. The van der Waals surface area contributed by atoms with Crippen molar-refractivity contribution >= 4 is 22.7 Å². The van der Waals surface area contributed by atoms with Crippen molar-refractivity contribution in [3.05, 3.63) is 96.6 Å². The highest BCUT2D eigenvalue weighted by Crippen LogP contribution is 2.25. The molecule has 0 radical (unpaired) electrons. The van der Waals surface area contributed by atoms with Crippen LogP contribution in [0.1, 0.15) is 20.7 Å². The van der Waals surface area contributed by atoms with Crippen LogP contribution in [0.5, 0.6) is 11.5 Å². The van der Waals surface area contributed by atoms with Gasteiger partial charge in [-0.3, -0.25) is 9.97 Å². The number of aromatic nitrogens is 2. The fraction of sp³-hybridized carbons (Fsp3) is 0. The number of carbonyl (C=O) groups is 2.